The van der Waals surface area contributed by atoms with E-state index in [-0.39, 0.29) is 17.6 Å². The van der Waals surface area contributed by atoms with E-state index < -0.39 is 0 Å². The molecule has 0 aliphatic heterocycles. The van der Waals surface area contributed by atoms with Crippen molar-refractivity contribution < 1.29 is 9.18 Å². The van der Waals surface area contributed by atoms with Gasteiger partial charge in [0.05, 0.1) is 5.92 Å². The van der Waals surface area contributed by atoms with Crippen molar-refractivity contribution >= 4 is 5.91 Å². The minimum absolute atomic E-state index is 0.106. The first-order valence-corrected chi connectivity index (χ1v) is 7.76. The molecular formula is C17H25FN2O. The summed E-state index contributed by atoms with van der Waals surface area (Å²) in [7, 11) is 0. The SMILES string of the molecule is CC(C)CC(CN)C(=O)N(Cc1ccc(F)cc1)C1CC1. The van der Waals surface area contributed by atoms with Gasteiger partial charge in [-0.15, -0.1) is 0 Å². The summed E-state index contributed by atoms with van der Waals surface area (Å²) in [5.74, 6) is 0.251. The molecule has 0 radical (unpaired) electrons. The molecule has 0 heterocycles. The predicted octanol–water partition coefficient (Wildman–Crippen LogP) is 2.94. The number of hydrogen-bond acceptors (Lipinski definition) is 2. The molecule has 1 saturated carbocycles. The van der Waals surface area contributed by atoms with E-state index in [2.05, 4.69) is 13.8 Å². The van der Waals surface area contributed by atoms with E-state index in [1.54, 1.807) is 12.1 Å². The van der Waals surface area contributed by atoms with Crippen LogP contribution in [-0.2, 0) is 11.3 Å². The minimum atomic E-state index is -0.248. The van der Waals surface area contributed by atoms with Gasteiger partial charge in [-0.1, -0.05) is 26.0 Å². The fraction of sp³-hybridized carbons (Fsp3) is 0.588. The Hall–Kier alpha value is -1.42. The molecular weight excluding hydrogens is 267 g/mol. The minimum Gasteiger partial charge on any atom is -0.335 e. The van der Waals surface area contributed by atoms with Crippen LogP contribution in [0.25, 0.3) is 0 Å². The molecule has 4 heteroatoms. The third kappa shape index (κ3) is 4.53. The van der Waals surface area contributed by atoms with Crippen LogP contribution in [0, 0.1) is 17.7 Å². The number of rotatable bonds is 7. The monoisotopic (exact) mass is 292 g/mol. The molecule has 0 bridgehead atoms. The van der Waals surface area contributed by atoms with E-state index in [1.807, 2.05) is 4.90 Å². The fourth-order valence-electron chi connectivity index (χ4n) is 2.66. The van der Waals surface area contributed by atoms with Crippen LogP contribution in [0.2, 0.25) is 0 Å². The fourth-order valence-corrected chi connectivity index (χ4v) is 2.66. The molecule has 1 aliphatic rings. The van der Waals surface area contributed by atoms with Crippen LogP contribution in [0.4, 0.5) is 4.39 Å². The van der Waals surface area contributed by atoms with Crippen molar-refractivity contribution in [2.45, 2.75) is 45.7 Å². The summed E-state index contributed by atoms with van der Waals surface area (Å²) in [6.45, 7) is 5.16. The zero-order chi connectivity index (χ0) is 15.4. The van der Waals surface area contributed by atoms with Crippen molar-refractivity contribution in [1.82, 2.24) is 4.90 Å². The summed E-state index contributed by atoms with van der Waals surface area (Å²) in [6.07, 6.45) is 2.94. The molecule has 0 aromatic heterocycles. The highest BCUT2D eigenvalue weighted by Gasteiger charge is 2.35. The maximum atomic E-state index is 13.0. The molecule has 1 aliphatic carbocycles. The normalized spacial score (nSPS) is 16.0. The van der Waals surface area contributed by atoms with Crippen LogP contribution in [-0.4, -0.2) is 23.4 Å². The molecule has 2 rings (SSSR count). The average molecular weight is 292 g/mol. The molecule has 1 atom stereocenters. The van der Waals surface area contributed by atoms with Gasteiger partial charge in [0.1, 0.15) is 5.82 Å². The second kappa shape index (κ2) is 7.03. The second-order valence-electron chi connectivity index (χ2n) is 6.39. The van der Waals surface area contributed by atoms with Gasteiger partial charge in [-0.25, -0.2) is 4.39 Å². The van der Waals surface area contributed by atoms with Crippen LogP contribution in [0.15, 0.2) is 24.3 Å². The Morgan fingerprint density at radius 3 is 2.43 bits per heavy atom. The molecule has 1 aromatic rings. The highest BCUT2D eigenvalue weighted by atomic mass is 19.1. The Morgan fingerprint density at radius 1 is 1.33 bits per heavy atom. The summed E-state index contributed by atoms with van der Waals surface area (Å²) < 4.78 is 13.0. The molecule has 1 amide bonds. The number of carbonyl (C=O) groups is 1. The Balaban J connectivity index is 2.07. The number of halogens is 1. The van der Waals surface area contributed by atoms with Crippen molar-refractivity contribution in [1.29, 1.82) is 0 Å². The second-order valence-corrected chi connectivity index (χ2v) is 6.39. The van der Waals surface area contributed by atoms with Crippen molar-refractivity contribution in [3.05, 3.63) is 35.6 Å². The molecule has 0 saturated heterocycles. The maximum absolute atomic E-state index is 13.0. The van der Waals surface area contributed by atoms with Gasteiger partial charge in [0, 0.05) is 19.1 Å². The molecule has 21 heavy (non-hydrogen) atoms. The third-order valence-electron chi connectivity index (χ3n) is 3.93. The first-order valence-electron chi connectivity index (χ1n) is 7.76. The van der Waals surface area contributed by atoms with E-state index in [0.29, 0.717) is 25.0 Å². The van der Waals surface area contributed by atoms with Gasteiger partial charge < -0.3 is 10.6 Å². The quantitative estimate of drug-likeness (QED) is 0.840. The lowest BCUT2D eigenvalue weighted by Crippen LogP contribution is -2.40. The number of nitrogens with zero attached hydrogens (tertiary/aromatic N) is 1. The molecule has 3 nitrogen and oxygen atoms in total. The predicted molar refractivity (Wildman–Crippen MR) is 82.0 cm³/mol. The van der Waals surface area contributed by atoms with E-state index in [9.17, 15) is 9.18 Å². The number of amides is 1. The van der Waals surface area contributed by atoms with E-state index in [1.165, 1.54) is 12.1 Å². The van der Waals surface area contributed by atoms with Crippen molar-refractivity contribution in [2.24, 2.45) is 17.6 Å². The summed E-state index contributed by atoms with van der Waals surface area (Å²) in [5, 5.41) is 0. The molecule has 2 N–H and O–H groups in total. The van der Waals surface area contributed by atoms with Crippen LogP contribution in [0.5, 0.6) is 0 Å². The van der Waals surface area contributed by atoms with Gasteiger partial charge >= 0.3 is 0 Å². The number of benzene rings is 1. The Morgan fingerprint density at radius 2 is 1.95 bits per heavy atom. The van der Waals surface area contributed by atoms with E-state index in [4.69, 9.17) is 5.73 Å². The van der Waals surface area contributed by atoms with Crippen molar-refractivity contribution in [3.8, 4) is 0 Å². The summed E-state index contributed by atoms with van der Waals surface area (Å²) in [5.41, 5.74) is 6.77. The number of carbonyl (C=O) groups excluding carboxylic acids is 1. The Kier molecular flexibility index (Phi) is 5.34. The molecule has 1 aromatic carbocycles. The number of nitrogens with two attached hydrogens (primary N) is 1. The largest absolute Gasteiger partial charge is 0.335 e. The van der Waals surface area contributed by atoms with E-state index in [0.717, 1.165) is 24.8 Å². The highest BCUT2D eigenvalue weighted by Crippen LogP contribution is 2.30. The molecule has 1 unspecified atom stereocenters. The molecule has 1 fully saturated rings. The van der Waals surface area contributed by atoms with Gasteiger partial charge in [0.2, 0.25) is 5.91 Å². The van der Waals surface area contributed by atoms with Gasteiger partial charge in [-0.2, -0.15) is 0 Å². The van der Waals surface area contributed by atoms with Crippen LogP contribution in [0.3, 0.4) is 0 Å². The standard InChI is InChI=1S/C17H25FN2O/c1-12(2)9-14(10-19)17(21)20(16-7-8-16)11-13-3-5-15(18)6-4-13/h3-6,12,14,16H,7-11,19H2,1-2H3. The van der Waals surface area contributed by atoms with Gasteiger partial charge in [-0.05, 0) is 42.9 Å². The van der Waals surface area contributed by atoms with Crippen molar-refractivity contribution in [3.63, 3.8) is 0 Å². The topological polar surface area (TPSA) is 46.3 Å². The maximum Gasteiger partial charge on any atom is 0.227 e. The third-order valence-corrected chi connectivity index (χ3v) is 3.93. The first kappa shape index (κ1) is 16.0. The highest BCUT2D eigenvalue weighted by molar-refractivity contribution is 5.79. The summed E-state index contributed by atoms with van der Waals surface area (Å²) >= 11 is 0. The van der Waals surface area contributed by atoms with Crippen molar-refractivity contribution in [2.75, 3.05) is 6.54 Å². The summed E-state index contributed by atoms with van der Waals surface area (Å²) in [6, 6.07) is 6.72. The first-order chi connectivity index (χ1) is 10.0. The average Bonchev–Trinajstić information content (AvgIpc) is 3.27. The molecule has 116 valence electrons. The zero-order valence-corrected chi connectivity index (χ0v) is 12.9. The Labute approximate surface area is 126 Å². The number of hydrogen-bond donors (Lipinski definition) is 1. The van der Waals surface area contributed by atoms with Gasteiger partial charge in [0.15, 0.2) is 0 Å². The van der Waals surface area contributed by atoms with Crippen LogP contribution in [0.1, 0.15) is 38.7 Å². The lowest BCUT2D eigenvalue weighted by molar-refractivity contribution is -0.137. The molecule has 0 spiro atoms. The van der Waals surface area contributed by atoms with Crippen LogP contribution < -0.4 is 5.73 Å². The lowest BCUT2D eigenvalue weighted by Gasteiger charge is -2.28. The van der Waals surface area contributed by atoms with E-state index >= 15 is 0 Å². The lowest BCUT2D eigenvalue weighted by atomic mass is 9.95. The smallest absolute Gasteiger partial charge is 0.227 e. The summed E-state index contributed by atoms with van der Waals surface area (Å²) in [4.78, 5) is 14.7. The van der Waals surface area contributed by atoms with Gasteiger partial charge in [0.25, 0.3) is 0 Å². The van der Waals surface area contributed by atoms with Crippen LogP contribution >= 0.6 is 0 Å². The van der Waals surface area contributed by atoms with Gasteiger partial charge in [-0.3, -0.25) is 4.79 Å². The Bertz CT molecular complexity index is 468. The zero-order valence-electron chi connectivity index (χ0n) is 12.9.